The highest BCUT2D eigenvalue weighted by Crippen LogP contribution is 2.13. The number of nitrogens with one attached hydrogen (secondary N) is 1. The Morgan fingerprint density at radius 1 is 1.26 bits per heavy atom. The summed E-state index contributed by atoms with van der Waals surface area (Å²) in [7, 11) is 0. The fraction of sp³-hybridized carbons (Fsp3) is 0.538. The molecule has 0 aliphatic carbocycles. The first-order valence-corrected chi connectivity index (χ1v) is 7.59. The van der Waals surface area contributed by atoms with Gasteiger partial charge in [-0.25, -0.2) is 9.50 Å². The van der Waals surface area contributed by atoms with Gasteiger partial charge in [0.05, 0.1) is 6.20 Å². The lowest BCUT2D eigenvalue weighted by Gasteiger charge is -2.14. The van der Waals surface area contributed by atoms with Crippen molar-refractivity contribution in [3.05, 3.63) is 22.9 Å². The molecule has 0 aromatic carbocycles. The molecule has 0 spiro atoms. The van der Waals surface area contributed by atoms with Crippen LogP contribution in [-0.2, 0) is 0 Å². The van der Waals surface area contributed by atoms with Crippen LogP contribution in [0.1, 0.15) is 19.3 Å². The van der Waals surface area contributed by atoms with E-state index >= 15 is 0 Å². The molecule has 2 aromatic heterocycles. The van der Waals surface area contributed by atoms with Crippen LogP contribution in [0.4, 0.5) is 5.82 Å². The van der Waals surface area contributed by atoms with Crippen molar-refractivity contribution >= 4 is 27.4 Å². The van der Waals surface area contributed by atoms with Crippen molar-refractivity contribution in [3.8, 4) is 0 Å². The first kappa shape index (κ1) is 12.9. The normalized spacial score (nSPS) is 16.3. The second-order valence-corrected chi connectivity index (χ2v) is 5.71. The van der Waals surface area contributed by atoms with Gasteiger partial charge < -0.3 is 10.2 Å². The van der Waals surface area contributed by atoms with Gasteiger partial charge in [-0.15, -0.1) is 5.10 Å². The van der Waals surface area contributed by atoms with Gasteiger partial charge in [0.25, 0.3) is 0 Å². The smallest absolute Gasteiger partial charge is 0.154 e. The molecule has 0 saturated carbocycles. The Morgan fingerprint density at radius 3 is 2.95 bits per heavy atom. The minimum atomic E-state index is 0.856. The molecule has 3 rings (SSSR count). The van der Waals surface area contributed by atoms with E-state index in [0.717, 1.165) is 29.0 Å². The molecular formula is C13H18BrN5. The third kappa shape index (κ3) is 3.06. The number of fused-ring (bicyclic) bond motifs is 1. The summed E-state index contributed by atoms with van der Waals surface area (Å²) in [6.45, 7) is 4.68. The quantitative estimate of drug-likeness (QED) is 0.858. The van der Waals surface area contributed by atoms with E-state index in [-0.39, 0.29) is 0 Å². The molecule has 2 aromatic rings. The molecule has 0 unspecified atom stereocenters. The Bertz CT molecular complexity index is 547. The number of anilines is 1. The highest BCUT2D eigenvalue weighted by atomic mass is 79.9. The molecule has 1 aliphatic heterocycles. The molecule has 3 heterocycles. The summed E-state index contributed by atoms with van der Waals surface area (Å²) in [5.41, 5.74) is 0.856. The number of nitrogens with zero attached hydrogens (tertiary/aromatic N) is 4. The van der Waals surface area contributed by atoms with Crippen LogP contribution in [0.25, 0.3) is 5.65 Å². The number of likely N-dealkylation sites (tertiary alicyclic amines) is 1. The van der Waals surface area contributed by atoms with E-state index in [1.54, 1.807) is 10.7 Å². The zero-order valence-electron chi connectivity index (χ0n) is 10.8. The molecule has 19 heavy (non-hydrogen) atoms. The largest absolute Gasteiger partial charge is 0.369 e. The van der Waals surface area contributed by atoms with Gasteiger partial charge in [0, 0.05) is 6.54 Å². The van der Waals surface area contributed by atoms with Crippen LogP contribution < -0.4 is 5.32 Å². The lowest BCUT2D eigenvalue weighted by atomic mass is 10.4. The maximum Gasteiger partial charge on any atom is 0.154 e. The molecule has 1 saturated heterocycles. The topological polar surface area (TPSA) is 45.5 Å². The molecule has 0 bridgehead atoms. The van der Waals surface area contributed by atoms with E-state index in [0.29, 0.717) is 0 Å². The van der Waals surface area contributed by atoms with Gasteiger partial charge >= 0.3 is 0 Å². The van der Waals surface area contributed by atoms with E-state index in [4.69, 9.17) is 0 Å². The maximum absolute atomic E-state index is 4.49. The third-order valence-electron chi connectivity index (χ3n) is 3.48. The van der Waals surface area contributed by atoms with Crippen LogP contribution in [-0.4, -0.2) is 45.7 Å². The van der Waals surface area contributed by atoms with Crippen molar-refractivity contribution < 1.29 is 0 Å². The second-order valence-electron chi connectivity index (χ2n) is 4.90. The van der Waals surface area contributed by atoms with Gasteiger partial charge in [-0.1, -0.05) is 0 Å². The van der Waals surface area contributed by atoms with E-state index in [2.05, 4.69) is 36.2 Å². The third-order valence-corrected chi connectivity index (χ3v) is 4.02. The summed E-state index contributed by atoms with van der Waals surface area (Å²) < 4.78 is 2.67. The summed E-state index contributed by atoms with van der Waals surface area (Å²) >= 11 is 3.43. The fourth-order valence-corrected chi connectivity index (χ4v) is 2.83. The average Bonchev–Trinajstić information content (AvgIpc) is 3.06. The molecule has 5 nitrogen and oxygen atoms in total. The van der Waals surface area contributed by atoms with Crippen LogP contribution in [0.15, 0.2) is 22.9 Å². The second kappa shape index (κ2) is 5.88. The van der Waals surface area contributed by atoms with Gasteiger partial charge in [0.2, 0.25) is 0 Å². The zero-order valence-corrected chi connectivity index (χ0v) is 12.4. The lowest BCUT2D eigenvalue weighted by molar-refractivity contribution is 0.337. The summed E-state index contributed by atoms with van der Waals surface area (Å²) in [4.78, 5) is 6.76. The lowest BCUT2D eigenvalue weighted by Crippen LogP contribution is -2.22. The van der Waals surface area contributed by atoms with Crippen LogP contribution >= 0.6 is 15.9 Å². The highest BCUT2D eigenvalue weighted by molar-refractivity contribution is 9.10. The van der Waals surface area contributed by atoms with Crippen molar-refractivity contribution in [2.24, 2.45) is 0 Å². The van der Waals surface area contributed by atoms with Crippen molar-refractivity contribution in [1.82, 2.24) is 19.5 Å². The van der Waals surface area contributed by atoms with Crippen molar-refractivity contribution in [1.29, 1.82) is 0 Å². The Morgan fingerprint density at radius 2 is 2.11 bits per heavy atom. The van der Waals surface area contributed by atoms with E-state index in [1.807, 2.05) is 12.1 Å². The highest BCUT2D eigenvalue weighted by Gasteiger charge is 2.10. The SMILES string of the molecule is Brc1cnc2ccc(NCCCN3CCCC3)nn12. The molecule has 0 amide bonds. The summed E-state index contributed by atoms with van der Waals surface area (Å²) in [5.74, 6) is 0.896. The minimum Gasteiger partial charge on any atom is -0.369 e. The number of hydrogen-bond donors (Lipinski definition) is 1. The molecule has 1 aliphatic rings. The number of halogens is 1. The van der Waals surface area contributed by atoms with Crippen LogP contribution in [0, 0.1) is 0 Å². The Hall–Kier alpha value is -1.14. The molecule has 102 valence electrons. The van der Waals surface area contributed by atoms with E-state index in [9.17, 15) is 0 Å². The van der Waals surface area contributed by atoms with Gasteiger partial charge in [0.1, 0.15) is 10.4 Å². The average molecular weight is 324 g/mol. The summed E-state index contributed by atoms with van der Waals surface area (Å²) in [6, 6.07) is 3.95. The molecule has 0 atom stereocenters. The fourth-order valence-electron chi connectivity index (χ4n) is 2.47. The first-order valence-electron chi connectivity index (χ1n) is 6.79. The molecular weight excluding hydrogens is 306 g/mol. The maximum atomic E-state index is 4.49. The standard InChI is InChI=1S/C13H18BrN5/c14-11-10-16-13-5-4-12(17-19(11)13)15-6-3-9-18-7-1-2-8-18/h4-5,10H,1-3,6-9H2,(H,15,17). The van der Waals surface area contributed by atoms with Crippen LogP contribution in [0.2, 0.25) is 0 Å². The Balaban J connectivity index is 1.51. The molecule has 6 heteroatoms. The monoisotopic (exact) mass is 323 g/mol. The predicted octanol–water partition coefficient (Wildman–Crippen LogP) is 2.39. The van der Waals surface area contributed by atoms with Crippen LogP contribution in [0.5, 0.6) is 0 Å². The van der Waals surface area contributed by atoms with Crippen molar-refractivity contribution in [2.75, 3.05) is 31.5 Å². The van der Waals surface area contributed by atoms with E-state index < -0.39 is 0 Å². The zero-order chi connectivity index (χ0) is 13.1. The van der Waals surface area contributed by atoms with E-state index in [1.165, 1.54) is 32.5 Å². The molecule has 1 fully saturated rings. The van der Waals surface area contributed by atoms with Crippen molar-refractivity contribution in [3.63, 3.8) is 0 Å². The minimum absolute atomic E-state index is 0.856. The molecule has 1 N–H and O–H groups in total. The number of rotatable bonds is 5. The summed E-state index contributed by atoms with van der Waals surface area (Å²) in [6.07, 6.45) is 5.64. The van der Waals surface area contributed by atoms with Crippen LogP contribution in [0.3, 0.4) is 0 Å². The number of aromatic nitrogens is 3. The number of imidazole rings is 1. The number of hydrogen-bond acceptors (Lipinski definition) is 4. The van der Waals surface area contributed by atoms with Gasteiger partial charge in [-0.3, -0.25) is 0 Å². The summed E-state index contributed by atoms with van der Waals surface area (Å²) in [5, 5.41) is 7.86. The Kier molecular flexibility index (Phi) is 3.98. The molecule has 0 radical (unpaired) electrons. The predicted molar refractivity (Wildman–Crippen MR) is 79.5 cm³/mol. The first-order chi connectivity index (χ1) is 9.33. The van der Waals surface area contributed by atoms with Gasteiger partial charge in [0.15, 0.2) is 5.65 Å². The van der Waals surface area contributed by atoms with Crippen molar-refractivity contribution in [2.45, 2.75) is 19.3 Å². The van der Waals surface area contributed by atoms with Gasteiger partial charge in [-0.05, 0) is 67.0 Å². The Labute approximate surface area is 121 Å². The van der Waals surface area contributed by atoms with Gasteiger partial charge in [-0.2, -0.15) is 0 Å².